The molecule has 0 spiro atoms. The van der Waals surface area contributed by atoms with E-state index in [1.165, 1.54) is 0 Å². The van der Waals surface area contributed by atoms with Crippen molar-refractivity contribution >= 4 is 5.91 Å². The molecule has 0 aliphatic carbocycles. The van der Waals surface area contributed by atoms with Crippen molar-refractivity contribution in [3.8, 4) is 5.75 Å². The van der Waals surface area contributed by atoms with Gasteiger partial charge in [0.1, 0.15) is 5.75 Å². The lowest BCUT2D eigenvalue weighted by Crippen LogP contribution is -2.42. The Balaban J connectivity index is 2.02. The summed E-state index contributed by atoms with van der Waals surface area (Å²) in [5, 5.41) is 0. The molecule has 4 heteroatoms. The lowest BCUT2D eigenvalue weighted by molar-refractivity contribution is 0.0678. The third-order valence-corrected chi connectivity index (χ3v) is 3.55. The smallest absolute Gasteiger partial charge is 0.253 e. The summed E-state index contributed by atoms with van der Waals surface area (Å²) in [4.78, 5) is 14.3. The highest BCUT2D eigenvalue weighted by Gasteiger charge is 2.23. The van der Waals surface area contributed by atoms with Crippen molar-refractivity contribution in [1.29, 1.82) is 0 Å². The van der Waals surface area contributed by atoms with E-state index in [9.17, 15) is 4.79 Å². The molecule has 4 nitrogen and oxygen atoms in total. The minimum absolute atomic E-state index is 0.0983. The molecule has 0 radical (unpaired) electrons. The minimum atomic E-state index is 0.0983. The molecule has 1 atom stereocenters. The highest BCUT2D eigenvalue weighted by Crippen LogP contribution is 2.19. The molecule has 0 aromatic heterocycles. The zero-order chi connectivity index (χ0) is 13.7. The summed E-state index contributed by atoms with van der Waals surface area (Å²) < 4.78 is 5.38. The summed E-state index contributed by atoms with van der Waals surface area (Å²) in [6.07, 6.45) is 2.17. The van der Waals surface area contributed by atoms with E-state index in [4.69, 9.17) is 10.5 Å². The van der Waals surface area contributed by atoms with Crippen LogP contribution in [-0.4, -0.2) is 37.0 Å². The van der Waals surface area contributed by atoms with Gasteiger partial charge < -0.3 is 15.4 Å². The Morgan fingerprint density at radius 1 is 1.42 bits per heavy atom. The maximum Gasteiger partial charge on any atom is 0.253 e. The minimum Gasteiger partial charge on any atom is -0.494 e. The molecule has 1 aromatic rings. The lowest BCUT2D eigenvalue weighted by Gasteiger charge is -2.32. The number of hydrogen-bond acceptors (Lipinski definition) is 3. The Morgan fingerprint density at radius 2 is 2.16 bits per heavy atom. The number of carbonyl (C=O) groups excluding carboxylic acids is 1. The second-order valence-electron chi connectivity index (χ2n) is 4.95. The van der Waals surface area contributed by atoms with E-state index in [-0.39, 0.29) is 5.91 Å². The van der Waals surface area contributed by atoms with Crippen molar-refractivity contribution < 1.29 is 9.53 Å². The van der Waals surface area contributed by atoms with Gasteiger partial charge in [0, 0.05) is 18.7 Å². The van der Waals surface area contributed by atoms with Crippen molar-refractivity contribution in [2.75, 3.05) is 26.2 Å². The van der Waals surface area contributed by atoms with Gasteiger partial charge >= 0.3 is 0 Å². The van der Waals surface area contributed by atoms with E-state index in [0.717, 1.165) is 37.2 Å². The molecule has 1 saturated heterocycles. The highest BCUT2D eigenvalue weighted by molar-refractivity contribution is 5.94. The fraction of sp³-hybridized carbons (Fsp3) is 0.533. The molecule has 104 valence electrons. The van der Waals surface area contributed by atoms with Gasteiger partial charge in [-0.05, 0) is 56.5 Å². The largest absolute Gasteiger partial charge is 0.494 e. The summed E-state index contributed by atoms with van der Waals surface area (Å²) in [5.74, 6) is 1.35. The Morgan fingerprint density at radius 3 is 2.79 bits per heavy atom. The van der Waals surface area contributed by atoms with E-state index in [1.54, 1.807) is 0 Å². The zero-order valence-electron chi connectivity index (χ0n) is 11.5. The summed E-state index contributed by atoms with van der Waals surface area (Å²) >= 11 is 0. The fourth-order valence-electron chi connectivity index (χ4n) is 2.48. The molecule has 0 saturated carbocycles. The van der Waals surface area contributed by atoms with Gasteiger partial charge in [0.2, 0.25) is 0 Å². The first-order valence-electron chi connectivity index (χ1n) is 6.96. The second-order valence-corrected chi connectivity index (χ2v) is 4.95. The number of benzene rings is 1. The number of likely N-dealkylation sites (tertiary alicyclic amines) is 1. The van der Waals surface area contributed by atoms with Crippen LogP contribution in [-0.2, 0) is 0 Å². The first kappa shape index (κ1) is 13.9. The van der Waals surface area contributed by atoms with Crippen molar-refractivity contribution in [3.63, 3.8) is 0 Å². The average Bonchev–Trinajstić information content (AvgIpc) is 2.48. The monoisotopic (exact) mass is 262 g/mol. The number of ether oxygens (including phenoxy) is 1. The molecule has 19 heavy (non-hydrogen) atoms. The Bertz CT molecular complexity index is 417. The SMILES string of the molecule is CCOc1ccc(C(=O)N2CCCC(CN)C2)cc1. The van der Waals surface area contributed by atoms with E-state index in [1.807, 2.05) is 36.1 Å². The molecule has 1 amide bonds. The molecule has 1 aliphatic rings. The summed E-state index contributed by atoms with van der Waals surface area (Å²) in [6, 6.07) is 7.36. The Kier molecular flexibility index (Phi) is 4.80. The number of rotatable bonds is 4. The predicted octanol–water partition coefficient (Wildman–Crippen LogP) is 1.90. The van der Waals surface area contributed by atoms with Crippen LogP contribution < -0.4 is 10.5 Å². The normalized spacial score (nSPS) is 19.3. The van der Waals surface area contributed by atoms with Gasteiger partial charge in [-0.25, -0.2) is 0 Å². The van der Waals surface area contributed by atoms with Crippen LogP contribution in [0.1, 0.15) is 30.1 Å². The summed E-state index contributed by atoms with van der Waals surface area (Å²) in [5.41, 5.74) is 6.43. The van der Waals surface area contributed by atoms with E-state index >= 15 is 0 Å². The number of piperidine rings is 1. The van der Waals surface area contributed by atoms with Crippen LogP contribution in [0.2, 0.25) is 0 Å². The molecule has 2 rings (SSSR count). The van der Waals surface area contributed by atoms with Gasteiger partial charge in [0.05, 0.1) is 6.61 Å². The van der Waals surface area contributed by atoms with Crippen LogP contribution in [0.4, 0.5) is 0 Å². The van der Waals surface area contributed by atoms with Gasteiger partial charge in [-0.2, -0.15) is 0 Å². The Hall–Kier alpha value is -1.55. The standard InChI is InChI=1S/C15H22N2O2/c1-2-19-14-7-5-13(6-8-14)15(18)17-9-3-4-12(10-16)11-17/h5-8,12H,2-4,9-11,16H2,1H3. The molecule has 2 N–H and O–H groups in total. The van der Waals surface area contributed by atoms with Crippen molar-refractivity contribution in [2.24, 2.45) is 11.7 Å². The first-order chi connectivity index (χ1) is 9.24. The van der Waals surface area contributed by atoms with E-state index in [0.29, 0.717) is 19.1 Å². The van der Waals surface area contributed by atoms with Gasteiger partial charge in [-0.3, -0.25) is 4.79 Å². The van der Waals surface area contributed by atoms with Gasteiger partial charge in [0.15, 0.2) is 0 Å². The van der Waals surface area contributed by atoms with Crippen LogP contribution in [0.5, 0.6) is 5.75 Å². The van der Waals surface area contributed by atoms with Crippen molar-refractivity contribution in [2.45, 2.75) is 19.8 Å². The molecule has 1 unspecified atom stereocenters. The molecule has 1 fully saturated rings. The number of amides is 1. The molecular formula is C15H22N2O2. The fourth-order valence-corrected chi connectivity index (χ4v) is 2.48. The van der Waals surface area contributed by atoms with E-state index < -0.39 is 0 Å². The quantitative estimate of drug-likeness (QED) is 0.901. The molecule has 1 aliphatic heterocycles. The number of hydrogen-bond donors (Lipinski definition) is 1. The van der Waals surface area contributed by atoms with E-state index in [2.05, 4.69) is 0 Å². The molecular weight excluding hydrogens is 240 g/mol. The van der Waals surface area contributed by atoms with Crippen LogP contribution in [0.25, 0.3) is 0 Å². The predicted molar refractivity (Wildman–Crippen MR) is 75.3 cm³/mol. The highest BCUT2D eigenvalue weighted by atomic mass is 16.5. The molecule has 0 bridgehead atoms. The average molecular weight is 262 g/mol. The topological polar surface area (TPSA) is 55.6 Å². The lowest BCUT2D eigenvalue weighted by atomic mass is 9.97. The van der Waals surface area contributed by atoms with Gasteiger partial charge in [0.25, 0.3) is 5.91 Å². The van der Waals surface area contributed by atoms with Crippen LogP contribution in [0.3, 0.4) is 0 Å². The number of nitrogens with two attached hydrogens (primary N) is 1. The van der Waals surface area contributed by atoms with Crippen molar-refractivity contribution in [1.82, 2.24) is 4.90 Å². The maximum atomic E-state index is 12.4. The summed E-state index contributed by atoms with van der Waals surface area (Å²) in [6.45, 7) is 4.86. The maximum absolute atomic E-state index is 12.4. The zero-order valence-corrected chi connectivity index (χ0v) is 11.5. The third kappa shape index (κ3) is 3.47. The van der Waals surface area contributed by atoms with Crippen LogP contribution in [0, 0.1) is 5.92 Å². The summed E-state index contributed by atoms with van der Waals surface area (Å²) in [7, 11) is 0. The second kappa shape index (κ2) is 6.57. The van der Waals surface area contributed by atoms with Gasteiger partial charge in [-0.15, -0.1) is 0 Å². The first-order valence-corrected chi connectivity index (χ1v) is 6.96. The van der Waals surface area contributed by atoms with Crippen LogP contribution in [0.15, 0.2) is 24.3 Å². The Labute approximate surface area is 114 Å². The molecule has 1 heterocycles. The van der Waals surface area contributed by atoms with Crippen molar-refractivity contribution in [3.05, 3.63) is 29.8 Å². The van der Waals surface area contributed by atoms with Crippen LogP contribution >= 0.6 is 0 Å². The van der Waals surface area contributed by atoms with Gasteiger partial charge in [-0.1, -0.05) is 0 Å². The third-order valence-electron chi connectivity index (χ3n) is 3.55. The number of nitrogens with zero attached hydrogens (tertiary/aromatic N) is 1. The molecule has 1 aromatic carbocycles. The number of carbonyl (C=O) groups is 1.